The van der Waals surface area contributed by atoms with Crippen molar-refractivity contribution in [2.75, 3.05) is 34.3 Å². The van der Waals surface area contributed by atoms with E-state index in [1.54, 1.807) is 38.1 Å². The molecule has 1 fully saturated rings. The monoisotopic (exact) mass is 440 g/mol. The zero-order valence-corrected chi connectivity index (χ0v) is 18.9. The van der Waals surface area contributed by atoms with Gasteiger partial charge < -0.3 is 19.6 Å². The summed E-state index contributed by atoms with van der Waals surface area (Å²) in [6, 6.07) is 5.72. The van der Waals surface area contributed by atoms with Gasteiger partial charge >= 0.3 is 5.97 Å². The van der Waals surface area contributed by atoms with Crippen LogP contribution in [0.25, 0.3) is 5.76 Å². The normalized spacial score (nSPS) is 17.9. The Balaban J connectivity index is 2.12. The molecule has 0 bridgehead atoms. The third kappa shape index (κ3) is 4.29. The molecule has 2 heterocycles. The van der Waals surface area contributed by atoms with E-state index in [2.05, 4.69) is 10.2 Å². The molecule has 2 aromatic rings. The van der Waals surface area contributed by atoms with Crippen LogP contribution in [-0.2, 0) is 14.3 Å². The van der Waals surface area contributed by atoms with Crippen LogP contribution in [0, 0.1) is 13.8 Å². The van der Waals surface area contributed by atoms with E-state index in [4.69, 9.17) is 4.74 Å². The number of nitrogens with zero attached hydrogens (tertiary/aromatic N) is 3. The van der Waals surface area contributed by atoms with Gasteiger partial charge in [0.25, 0.3) is 11.7 Å². The van der Waals surface area contributed by atoms with Gasteiger partial charge in [0.15, 0.2) is 0 Å². The lowest BCUT2D eigenvalue weighted by atomic mass is 9.94. The smallest absolute Gasteiger partial charge is 0.337 e. The summed E-state index contributed by atoms with van der Waals surface area (Å²) in [7, 11) is 5.16. The molecule has 1 aliphatic heterocycles. The first-order valence-corrected chi connectivity index (χ1v) is 10.3. The van der Waals surface area contributed by atoms with Crippen molar-refractivity contribution < 1.29 is 24.2 Å². The highest BCUT2D eigenvalue weighted by Gasteiger charge is 2.46. The molecule has 0 radical (unpaired) electrons. The predicted octanol–water partition coefficient (Wildman–Crippen LogP) is 2.19. The lowest BCUT2D eigenvalue weighted by Crippen LogP contribution is -2.32. The summed E-state index contributed by atoms with van der Waals surface area (Å²) < 4.78 is 4.75. The Morgan fingerprint density at radius 1 is 1.22 bits per heavy atom. The van der Waals surface area contributed by atoms with Crippen LogP contribution in [0.1, 0.15) is 45.3 Å². The Labute approximate surface area is 186 Å². The van der Waals surface area contributed by atoms with E-state index in [-0.39, 0.29) is 11.3 Å². The van der Waals surface area contributed by atoms with E-state index >= 15 is 0 Å². The number of nitrogens with one attached hydrogen (secondary N) is 1. The molecule has 1 amide bonds. The Hall–Kier alpha value is -3.46. The molecule has 1 atom stereocenters. The minimum absolute atomic E-state index is 0.0123. The summed E-state index contributed by atoms with van der Waals surface area (Å²) in [4.78, 5) is 41.3. The SMILES string of the molecule is COC(=O)c1ccc([C@H]2C(=C(O)c3c(C)n[nH]c3C)C(=O)C(=O)N2CCCN(C)C)cc1. The van der Waals surface area contributed by atoms with E-state index in [1.807, 2.05) is 19.0 Å². The van der Waals surface area contributed by atoms with Gasteiger partial charge in [-0.05, 0) is 58.6 Å². The van der Waals surface area contributed by atoms with Gasteiger partial charge in [0.1, 0.15) is 5.76 Å². The maximum absolute atomic E-state index is 13.1. The first-order chi connectivity index (χ1) is 15.2. The number of rotatable bonds is 7. The number of ketones is 1. The van der Waals surface area contributed by atoms with Gasteiger partial charge in [0.05, 0.1) is 35.5 Å². The number of esters is 1. The summed E-state index contributed by atoms with van der Waals surface area (Å²) in [6.45, 7) is 4.53. The number of ether oxygens (including phenoxy) is 1. The molecule has 1 saturated heterocycles. The topological polar surface area (TPSA) is 116 Å². The second-order valence-corrected chi connectivity index (χ2v) is 8.07. The molecule has 3 rings (SSSR count). The number of H-pyrrole nitrogens is 1. The van der Waals surface area contributed by atoms with Crippen molar-refractivity contribution >= 4 is 23.4 Å². The quantitative estimate of drug-likeness (QED) is 0.293. The maximum atomic E-state index is 13.1. The standard InChI is InChI=1S/C23H28N4O5/c1-13-17(14(2)25-24-13)20(28)18-19(15-7-9-16(10-8-15)23(31)32-5)27(22(30)21(18)29)12-6-11-26(3)4/h7-10,19,28H,6,11-12H2,1-5H3,(H,24,25)/t19-/m0/s1. The average molecular weight is 441 g/mol. The largest absolute Gasteiger partial charge is 0.507 e. The molecule has 1 aromatic carbocycles. The maximum Gasteiger partial charge on any atom is 0.337 e. The van der Waals surface area contributed by atoms with E-state index in [0.717, 1.165) is 6.54 Å². The molecule has 0 saturated carbocycles. The highest BCUT2D eigenvalue weighted by atomic mass is 16.5. The number of aromatic nitrogens is 2. The average Bonchev–Trinajstić information content (AvgIpc) is 3.23. The molecule has 2 N–H and O–H groups in total. The Morgan fingerprint density at radius 3 is 2.41 bits per heavy atom. The predicted molar refractivity (Wildman–Crippen MR) is 118 cm³/mol. The van der Waals surface area contributed by atoms with Crippen LogP contribution in [0.2, 0.25) is 0 Å². The minimum atomic E-state index is -0.780. The van der Waals surface area contributed by atoms with E-state index in [9.17, 15) is 19.5 Å². The van der Waals surface area contributed by atoms with Gasteiger partial charge in [-0.15, -0.1) is 0 Å². The number of aliphatic hydroxyl groups excluding tert-OH is 1. The van der Waals surface area contributed by atoms with Crippen LogP contribution in [0.5, 0.6) is 0 Å². The van der Waals surface area contributed by atoms with Crippen molar-refractivity contribution in [2.24, 2.45) is 0 Å². The fraction of sp³-hybridized carbons (Fsp3) is 0.391. The lowest BCUT2D eigenvalue weighted by Gasteiger charge is -2.26. The van der Waals surface area contributed by atoms with Crippen molar-refractivity contribution in [3.05, 3.63) is 57.9 Å². The fourth-order valence-corrected chi connectivity index (χ4v) is 3.97. The van der Waals surface area contributed by atoms with Crippen molar-refractivity contribution in [1.82, 2.24) is 20.0 Å². The molecule has 0 unspecified atom stereocenters. The van der Waals surface area contributed by atoms with E-state index in [0.29, 0.717) is 41.0 Å². The third-order valence-electron chi connectivity index (χ3n) is 5.56. The van der Waals surface area contributed by atoms with Crippen LogP contribution >= 0.6 is 0 Å². The molecule has 0 aliphatic carbocycles. The lowest BCUT2D eigenvalue weighted by molar-refractivity contribution is -0.139. The zero-order chi connectivity index (χ0) is 23.6. The molecule has 9 heteroatoms. The first kappa shape index (κ1) is 23.2. The van der Waals surface area contributed by atoms with Crippen LogP contribution in [0.3, 0.4) is 0 Å². The summed E-state index contributed by atoms with van der Waals surface area (Å²) in [6.07, 6.45) is 0.653. The molecule has 1 aromatic heterocycles. The molecule has 32 heavy (non-hydrogen) atoms. The number of hydrogen-bond acceptors (Lipinski definition) is 7. The Bertz CT molecular complexity index is 1050. The van der Waals surface area contributed by atoms with Crippen molar-refractivity contribution in [3.63, 3.8) is 0 Å². The first-order valence-electron chi connectivity index (χ1n) is 10.3. The number of hydrogen-bond donors (Lipinski definition) is 2. The number of carbonyl (C=O) groups is 3. The molecule has 0 spiro atoms. The van der Waals surface area contributed by atoms with Gasteiger partial charge in [0, 0.05) is 12.2 Å². The number of amides is 1. The van der Waals surface area contributed by atoms with Crippen LogP contribution in [0.15, 0.2) is 29.8 Å². The highest BCUT2D eigenvalue weighted by Crippen LogP contribution is 2.40. The number of aryl methyl sites for hydroxylation is 2. The van der Waals surface area contributed by atoms with Gasteiger partial charge in [-0.25, -0.2) is 4.79 Å². The number of benzene rings is 1. The summed E-state index contributed by atoms with van der Waals surface area (Å²) in [5.41, 5.74) is 2.51. The van der Waals surface area contributed by atoms with Gasteiger partial charge in [-0.3, -0.25) is 14.7 Å². The molecule has 1 aliphatic rings. The molecule has 9 nitrogen and oxygen atoms in total. The number of Topliss-reactive ketones (excluding diaryl/α,β-unsaturated/α-hetero) is 1. The van der Waals surface area contributed by atoms with Gasteiger partial charge in [-0.2, -0.15) is 5.10 Å². The summed E-state index contributed by atoms with van der Waals surface area (Å²) in [5.74, 6) is -2.15. The molecular formula is C23H28N4O5. The van der Waals surface area contributed by atoms with Crippen molar-refractivity contribution in [1.29, 1.82) is 0 Å². The molecule has 170 valence electrons. The second kappa shape index (κ2) is 9.35. The third-order valence-corrected chi connectivity index (χ3v) is 5.56. The van der Waals surface area contributed by atoms with E-state index in [1.165, 1.54) is 12.0 Å². The van der Waals surface area contributed by atoms with E-state index < -0.39 is 23.7 Å². The number of carbonyl (C=O) groups excluding carboxylic acids is 3. The van der Waals surface area contributed by atoms with Crippen LogP contribution in [-0.4, -0.2) is 77.1 Å². The number of methoxy groups -OCH3 is 1. The Morgan fingerprint density at radius 2 is 1.88 bits per heavy atom. The van der Waals surface area contributed by atoms with Gasteiger partial charge in [0.2, 0.25) is 0 Å². The fourth-order valence-electron chi connectivity index (χ4n) is 3.97. The molecular weight excluding hydrogens is 412 g/mol. The van der Waals surface area contributed by atoms with Crippen LogP contribution in [0.4, 0.5) is 0 Å². The summed E-state index contributed by atoms with van der Waals surface area (Å²) in [5, 5.41) is 18.0. The highest BCUT2D eigenvalue weighted by molar-refractivity contribution is 6.46. The summed E-state index contributed by atoms with van der Waals surface area (Å²) >= 11 is 0. The number of aliphatic hydroxyl groups is 1. The van der Waals surface area contributed by atoms with Crippen molar-refractivity contribution in [2.45, 2.75) is 26.3 Å². The van der Waals surface area contributed by atoms with Gasteiger partial charge in [-0.1, -0.05) is 12.1 Å². The number of aromatic amines is 1. The van der Waals surface area contributed by atoms with Crippen molar-refractivity contribution in [3.8, 4) is 0 Å². The van der Waals surface area contributed by atoms with Crippen LogP contribution < -0.4 is 0 Å². The minimum Gasteiger partial charge on any atom is -0.507 e. The zero-order valence-electron chi connectivity index (χ0n) is 18.9. The Kier molecular flexibility index (Phi) is 6.78. The second-order valence-electron chi connectivity index (χ2n) is 8.07. The number of likely N-dealkylation sites (tertiary alicyclic amines) is 1.